The molecule has 0 bridgehead atoms. The van der Waals surface area contributed by atoms with Crippen LogP contribution in [0.4, 0.5) is 11.6 Å². The quantitative estimate of drug-likeness (QED) is 0.867. The van der Waals surface area contributed by atoms with E-state index in [0.29, 0.717) is 5.95 Å². The topological polar surface area (TPSA) is 57.8 Å². The molecule has 0 saturated carbocycles. The average molecular weight is 255 g/mol. The number of nitrogens with one attached hydrogen (secondary N) is 2. The van der Waals surface area contributed by atoms with E-state index in [9.17, 15) is 4.79 Å². The Balaban J connectivity index is 1.94. The van der Waals surface area contributed by atoms with Gasteiger partial charge in [0.15, 0.2) is 0 Å². The summed E-state index contributed by atoms with van der Waals surface area (Å²) in [6.45, 7) is 2.04. The lowest BCUT2D eigenvalue weighted by Gasteiger charge is -2.15. The van der Waals surface area contributed by atoms with E-state index in [1.165, 1.54) is 5.56 Å². The summed E-state index contributed by atoms with van der Waals surface area (Å²) in [5.41, 5.74) is 3.93. The van der Waals surface area contributed by atoms with Gasteiger partial charge in [-0.25, -0.2) is 4.98 Å². The Morgan fingerprint density at radius 2 is 2.11 bits per heavy atom. The van der Waals surface area contributed by atoms with E-state index >= 15 is 0 Å². The van der Waals surface area contributed by atoms with Crippen LogP contribution in [-0.4, -0.2) is 9.97 Å². The Bertz CT molecular complexity index is 661. The maximum atomic E-state index is 12.0. The van der Waals surface area contributed by atoms with Gasteiger partial charge in [-0.2, -0.15) is 0 Å². The monoisotopic (exact) mass is 255 g/mol. The van der Waals surface area contributed by atoms with Gasteiger partial charge in [-0.05, 0) is 50.3 Å². The number of aromatic amines is 1. The van der Waals surface area contributed by atoms with Gasteiger partial charge in [0.1, 0.15) is 0 Å². The van der Waals surface area contributed by atoms with E-state index in [2.05, 4.69) is 15.3 Å². The number of rotatable bonds is 2. The highest BCUT2D eigenvalue weighted by Crippen LogP contribution is 2.19. The van der Waals surface area contributed by atoms with Crippen LogP contribution in [0.3, 0.4) is 0 Å². The number of H-pyrrole nitrogens is 1. The lowest BCUT2D eigenvalue weighted by Crippen LogP contribution is -2.22. The molecule has 98 valence electrons. The standard InChI is InChI=1S/C15H17N3O/c1-10-5-4-6-11(9-10)16-15-17-13-8-3-2-7-12(13)14(19)18-15/h4-6,9H,2-3,7-8H2,1H3,(H2,16,17,18,19). The minimum atomic E-state index is -0.000136. The summed E-state index contributed by atoms with van der Waals surface area (Å²) >= 11 is 0. The molecule has 0 fully saturated rings. The molecule has 1 heterocycles. The number of benzene rings is 1. The van der Waals surface area contributed by atoms with Gasteiger partial charge in [0.2, 0.25) is 5.95 Å². The van der Waals surface area contributed by atoms with Crippen LogP contribution in [0.2, 0.25) is 0 Å². The first-order valence-electron chi connectivity index (χ1n) is 6.68. The van der Waals surface area contributed by atoms with Crippen LogP contribution < -0.4 is 10.9 Å². The fraction of sp³-hybridized carbons (Fsp3) is 0.333. The van der Waals surface area contributed by atoms with E-state index in [1.807, 2.05) is 31.2 Å². The van der Waals surface area contributed by atoms with Crippen molar-refractivity contribution in [1.82, 2.24) is 9.97 Å². The molecule has 0 radical (unpaired) electrons. The molecular weight excluding hydrogens is 238 g/mol. The van der Waals surface area contributed by atoms with E-state index in [1.54, 1.807) is 0 Å². The van der Waals surface area contributed by atoms with Gasteiger partial charge >= 0.3 is 0 Å². The molecule has 0 unspecified atom stereocenters. The fourth-order valence-electron chi connectivity index (χ4n) is 2.52. The second-order valence-corrected chi connectivity index (χ2v) is 5.04. The summed E-state index contributed by atoms with van der Waals surface area (Å²) < 4.78 is 0. The van der Waals surface area contributed by atoms with Crippen molar-refractivity contribution in [3.05, 3.63) is 51.4 Å². The summed E-state index contributed by atoms with van der Waals surface area (Å²) in [6, 6.07) is 8.01. The Morgan fingerprint density at radius 1 is 1.26 bits per heavy atom. The Labute approximate surface area is 111 Å². The molecule has 1 aromatic heterocycles. The summed E-state index contributed by atoms with van der Waals surface area (Å²) in [5, 5.41) is 3.17. The van der Waals surface area contributed by atoms with Gasteiger partial charge in [-0.3, -0.25) is 9.78 Å². The number of anilines is 2. The zero-order valence-corrected chi connectivity index (χ0v) is 11.0. The Morgan fingerprint density at radius 3 is 2.95 bits per heavy atom. The summed E-state index contributed by atoms with van der Waals surface area (Å²) in [7, 11) is 0. The van der Waals surface area contributed by atoms with E-state index in [-0.39, 0.29) is 5.56 Å². The van der Waals surface area contributed by atoms with Crippen molar-refractivity contribution in [2.45, 2.75) is 32.6 Å². The number of fused-ring (bicyclic) bond motifs is 1. The maximum Gasteiger partial charge on any atom is 0.255 e. The number of hydrogen-bond donors (Lipinski definition) is 2. The lowest BCUT2D eigenvalue weighted by atomic mass is 9.97. The summed E-state index contributed by atoms with van der Waals surface area (Å²) in [5.74, 6) is 0.538. The largest absolute Gasteiger partial charge is 0.326 e. The predicted molar refractivity (Wildman–Crippen MR) is 76.0 cm³/mol. The first kappa shape index (κ1) is 12.0. The normalized spacial score (nSPS) is 13.9. The smallest absolute Gasteiger partial charge is 0.255 e. The number of aromatic nitrogens is 2. The molecule has 1 aliphatic carbocycles. The van der Waals surface area contributed by atoms with Gasteiger partial charge in [-0.15, -0.1) is 0 Å². The van der Waals surface area contributed by atoms with E-state index in [4.69, 9.17) is 0 Å². The zero-order valence-electron chi connectivity index (χ0n) is 11.0. The first-order chi connectivity index (χ1) is 9.22. The second kappa shape index (κ2) is 4.88. The molecule has 4 nitrogen and oxygen atoms in total. The minimum Gasteiger partial charge on any atom is -0.326 e. The average Bonchev–Trinajstić information content (AvgIpc) is 2.39. The third kappa shape index (κ3) is 2.52. The van der Waals surface area contributed by atoms with Crippen LogP contribution in [0.25, 0.3) is 0 Å². The van der Waals surface area contributed by atoms with Gasteiger partial charge in [0.05, 0.1) is 5.69 Å². The van der Waals surface area contributed by atoms with Crippen molar-refractivity contribution in [2.75, 3.05) is 5.32 Å². The molecule has 0 amide bonds. The highest BCUT2D eigenvalue weighted by Gasteiger charge is 2.15. The fourth-order valence-corrected chi connectivity index (χ4v) is 2.52. The second-order valence-electron chi connectivity index (χ2n) is 5.04. The molecular formula is C15H17N3O. The third-order valence-electron chi connectivity index (χ3n) is 3.47. The van der Waals surface area contributed by atoms with Crippen molar-refractivity contribution in [1.29, 1.82) is 0 Å². The first-order valence-corrected chi connectivity index (χ1v) is 6.68. The van der Waals surface area contributed by atoms with Gasteiger partial charge in [0, 0.05) is 11.3 Å². The van der Waals surface area contributed by atoms with Crippen molar-refractivity contribution in [2.24, 2.45) is 0 Å². The zero-order chi connectivity index (χ0) is 13.2. The molecule has 2 aromatic rings. The van der Waals surface area contributed by atoms with E-state index in [0.717, 1.165) is 42.6 Å². The van der Waals surface area contributed by atoms with Crippen molar-refractivity contribution in [3.63, 3.8) is 0 Å². The molecule has 19 heavy (non-hydrogen) atoms. The van der Waals surface area contributed by atoms with Crippen molar-refractivity contribution >= 4 is 11.6 Å². The number of aryl methyl sites for hydroxylation is 2. The van der Waals surface area contributed by atoms with Crippen LogP contribution in [0, 0.1) is 6.92 Å². The van der Waals surface area contributed by atoms with Crippen LogP contribution in [0.5, 0.6) is 0 Å². The molecule has 0 spiro atoms. The molecule has 4 heteroatoms. The molecule has 0 saturated heterocycles. The third-order valence-corrected chi connectivity index (χ3v) is 3.47. The Kier molecular flexibility index (Phi) is 3.07. The van der Waals surface area contributed by atoms with Crippen molar-refractivity contribution < 1.29 is 0 Å². The van der Waals surface area contributed by atoms with Crippen molar-refractivity contribution in [3.8, 4) is 0 Å². The molecule has 0 atom stereocenters. The highest BCUT2D eigenvalue weighted by molar-refractivity contribution is 5.54. The minimum absolute atomic E-state index is 0.000136. The predicted octanol–water partition coefficient (Wildman–Crippen LogP) is 2.70. The van der Waals surface area contributed by atoms with Gasteiger partial charge in [-0.1, -0.05) is 12.1 Å². The molecule has 1 aliphatic rings. The van der Waals surface area contributed by atoms with Gasteiger partial charge in [0.25, 0.3) is 5.56 Å². The lowest BCUT2D eigenvalue weighted by molar-refractivity contribution is 0.658. The summed E-state index contributed by atoms with van der Waals surface area (Å²) in [4.78, 5) is 19.4. The maximum absolute atomic E-state index is 12.0. The summed E-state index contributed by atoms with van der Waals surface area (Å²) in [6.07, 6.45) is 3.96. The Hall–Kier alpha value is -2.10. The van der Waals surface area contributed by atoms with Crippen LogP contribution >= 0.6 is 0 Å². The molecule has 3 rings (SSSR count). The van der Waals surface area contributed by atoms with Crippen LogP contribution in [0.1, 0.15) is 29.7 Å². The highest BCUT2D eigenvalue weighted by atomic mass is 16.1. The molecule has 0 aliphatic heterocycles. The van der Waals surface area contributed by atoms with E-state index < -0.39 is 0 Å². The SMILES string of the molecule is Cc1cccc(Nc2nc3c(c(=O)[nH]2)CCCC3)c1. The molecule has 2 N–H and O–H groups in total. The van der Waals surface area contributed by atoms with Crippen LogP contribution in [0.15, 0.2) is 29.1 Å². The number of nitrogens with zero attached hydrogens (tertiary/aromatic N) is 1. The van der Waals surface area contributed by atoms with Crippen LogP contribution in [-0.2, 0) is 12.8 Å². The number of hydrogen-bond acceptors (Lipinski definition) is 3. The van der Waals surface area contributed by atoms with Gasteiger partial charge < -0.3 is 5.32 Å². The molecule has 1 aromatic carbocycles.